The fraction of sp³-hybridized carbons (Fsp3) is 0.733. The van der Waals surface area contributed by atoms with Gasteiger partial charge < -0.3 is 0 Å². The molecule has 0 saturated heterocycles. The maximum absolute atomic E-state index is 12.1. The molecular weight excluding hydrogens is 212 g/mol. The van der Waals surface area contributed by atoms with Gasteiger partial charge in [0.1, 0.15) is 5.78 Å². The minimum Gasteiger partial charge on any atom is -0.299 e. The quantitative estimate of drug-likeness (QED) is 0.500. The van der Waals surface area contributed by atoms with Crippen LogP contribution in [0.3, 0.4) is 0 Å². The Morgan fingerprint density at radius 2 is 1.76 bits per heavy atom. The molecule has 0 amide bonds. The van der Waals surface area contributed by atoms with Crippen LogP contribution >= 0.6 is 0 Å². The molecule has 1 aliphatic rings. The van der Waals surface area contributed by atoms with Gasteiger partial charge in [-0.1, -0.05) is 33.8 Å². The average molecular weight is 236 g/mol. The molecule has 17 heavy (non-hydrogen) atoms. The van der Waals surface area contributed by atoms with Crippen LogP contribution in [0.4, 0.5) is 0 Å². The molecule has 0 spiro atoms. The van der Waals surface area contributed by atoms with Gasteiger partial charge in [-0.3, -0.25) is 9.59 Å². The van der Waals surface area contributed by atoms with E-state index < -0.39 is 5.41 Å². The first-order chi connectivity index (χ1) is 7.88. The maximum atomic E-state index is 12.1. The Kier molecular flexibility index (Phi) is 4.67. The predicted octanol–water partition coefficient (Wildman–Crippen LogP) is 3.55. The number of carbonyl (C=O) groups is 2. The summed E-state index contributed by atoms with van der Waals surface area (Å²) < 4.78 is 0. The molecule has 1 rings (SSSR count). The number of carbonyl (C=O) groups excluding carboxylic acids is 2. The van der Waals surface area contributed by atoms with E-state index in [0.29, 0.717) is 18.3 Å². The number of allylic oxidation sites excluding steroid dienone is 2. The van der Waals surface area contributed by atoms with E-state index in [4.69, 9.17) is 0 Å². The SMILES string of the molecule is CC(C)C=CC(=O)C1(C(=O)CCC(C)C)CC1. The zero-order valence-electron chi connectivity index (χ0n) is 11.5. The van der Waals surface area contributed by atoms with Crippen LogP contribution in [0, 0.1) is 17.3 Å². The smallest absolute Gasteiger partial charge is 0.168 e. The van der Waals surface area contributed by atoms with Crippen LogP contribution in [-0.2, 0) is 9.59 Å². The highest BCUT2D eigenvalue weighted by molar-refractivity contribution is 6.14. The molecule has 1 saturated carbocycles. The zero-order valence-corrected chi connectivity index (χ0v) is 11.5. The van der Waals surface area contributed by atoms with Gasteiger partial charge in [0.25, 0.3) is 0 Å². The van der Waals surface area contributed by atoms with Crippen molar-refractivity contribution in [3.05, 3.63) is 12.2 Å². The van der Waals surface area contributed by atoms with Crippen LogP contribution in [0.5, 0.6) is 0 Å². The van der Waals surface area contributed by atoms with Gasteiger partial charge in [0.2, 0.25) is 0 Å². The van der Waals surface area contributed by atoms with Crippen LogP contribution in [0.15, 0.2) is 12.2 Å². The number of ketones is 2. The van der Waals surface area contributed by atoms with E-state index in [0.717, 1.165) is 19.3 Å². The topological polar surface area (TPSA) is 34.1 Å². The molecule has 0 radical (unpaired) electrons. The molecule has 2 heteroatoms. The molecule has 0 aromatic heterocycles. The van der Waals surface area contributed by atoms with E-state index >= 15 is 0 Å². The predicted molar refractivity (Wildman–Crippen MR) is 69.7 cm³/mol. The monoisotopic (exact) mass is 236 g/mol. The van der Waals surface area contributed by atoms with Gasteiger partial charge in [-0.2, -0.15) is 0 Å². The van der Waals surface area contributed by atoms with Gasteiger partial charge in [-0.15, -0.1) is 0 Å². The molecule has 0 N–H and O–H groups in total. The number of hydrogen-bond donors (Lipinski definition) is 0. The van der Waals surface area contributed by atoms with E-state index in [2.05, 4.69) is 13.8 Å². The van der Waals surface area contributed by atoms with E-state index in [1.54, 1.807) is 6.08 Å². The summed E-state index contributed by atoms with van der Waals surface area (Å²) in [5.74, 6) is 1.07. The average Bonchev–Trinajstić information content (AvgIpc) is 3.03. The first-order valence-corrected chi connectivity index (χ1v) is 6.64. The highest BCUT2D eigenvalue weighted by atomic mass is 16.2. The molecule has 0 aliphatic heterocycles. The summed E-state index contributed by atoms with van der Waals surface area (Å²) in [4.78, 5) is 24.1. The third-order valence-corrected chi connectivity index (χ3v) is 3.34. The molecule has 1 aliphatic carbocycles. The van der Waals surface area contributed by atoms with Crippen molar-refractivity contribution < 1.29 is 9.59 Å². The second-order valence-corrected chi connectivity index (χ2v) is 5.91. The standard InChI is InChI=1S/C15H24O2/c1-11(2)5-7-13(16)15(9-10-15)14(17)8-6-12(3)4/h5,7,11-12H,6,8-10H2,1-4H3. The van der Waals surface area contributed by atoms with Crippen molar-refractivity contribution in [3.8, 4) is 0 Å². The normalized spacial score (nSPS) is 18.0. The van der Waals surface area contributed by atoms with Crippen LogP contribution < -0.4 is 0 Å². The molecule has 0 bridgehead atoms. The molecule has 0 unspecified atom stereocenters. The molecule has 0 aromatic carbocycles. The lowest BCUT2D eigenvalue weighted by molar-refractivity contribution is -0.132. The second kappa shape index (κ2) is 5.61. The molecule has 1 fully saturated rings. The Balaban J connectivity index is 2.56. The molecule has 2 nitrogen and oxygen atoms in total. The number of rotatable bonds is 7. The second-order valence-electron chi connectivity index (χ2n) is 5.91. The summed E-state index contributed by atoms with van der Waals surface area (Å²) in [6.07, 6.45) is 6.46. The first-order valence-electron chi connectivity index (χ1n) is 6.64. The fourth-order valence-corrected chi connectivity index (χ4v) is 1.89. The summed E-state index contributed by atoms with van der Waals surface area (Å²) in [5.41, 5.74) is -0.625. The Morgan fingerprint density at radius 3 is 2.18 bits per heavy atom. The third kappa shape index (κ3) is 3.79. The minimum absolute atomic E-state index is 0.0277. The largest absolute Gasteiger partial charge is 0.299 e. The number of hydrogen-bond acceptors (Lipinski definition) is 2. The van der Waals surface area contributed by atoms with Crippen molar-refractivity contribution in [1.82, 2.24) is 0 Å². The van der Waals surface area contributed by atoms with Gasteiger partial charge in [-0.05, 0) is 37.2 Å². The highest BCUT2D eigenvalue weighted by Crippen LogP contribution is 2.48. The van der Waals surface area contributed by atoms with Gasteiger partial charge in [-0.25, -0.2) is 0 Å². The summed E-state index contributed by atoms with van der Waals surface area (Å²) in [5, 5.41) is 0. The molecule has 0 aromatic rings. The summed E-state index contributed by atoms with van der Waals surface area (Å²) in [7, 11) is 0. The van der Waals surface area contributed by atoms with Crippen LogP contribution in [0.25, 0.3) is 0 Å². The summed E-state index contributed by atoms with van der Waals surface area (Å²) in [6.45, 7) is 8.27. The molecule has 0 heterocycles. The lowest BCUT2D eigenvalue weighted by atomic mass is 9.90. The minimum atomic E-state index is -0.625. The van der Waals surface area contributed by atoms with Crippen molar-refractivity contribution in [1.29, 1.82) is 0 Å². The zero-order chi connectivity index (χ0) is 13.1. The van der Waals surface area contributed by atoms with Gasteiger partial charge in [0.15, 0.2) is 5.78 Å². The van der Waals surface area contributed by atoms with E-state index in [-0.39, 0.29) is 11.6 Å². The van der Waals surface area contributed by atoms with Gasteiger partial charge in [0.05, 0.1) is 5.41 Å². The number of Topliss-reactive ketones (excluding diaryl/α,β-unsaturated/α-hetero) is 1. The summed E-state index contributed by atoms with van der Waals surface area (Å²) in [6, 6.07) is 0. The van der Waals surface area contributed by atoms with Crippen LogP contribution in [-0.4, -0.2) is 11.6 Å². The van der Waals surface area contributed by atoms with Crippen molar-refractivity contribution in [2.75, 3.05) is 0 Å². The van der Waals surface area contributed by atoms with Crippen molar-refractivity contribution in [2.45, 2.75) is 53.4 Å². The highest BCUT2D eigenvalue weighted by Gasteiger charge is 2.53. The molecule has 0 atom stereocenters. The van der Waals surface area contributed by atoms with Gasteiger partial charge in [0, 0.05) is 6.42 Å². The van der Waals surface area contributed by atoms with E-state index in [1.807, 2.05) is 19.9 Å². The fourth-order valence-electron chi connectivity index (χ4n) is 1.89. The lowest BCUT2D eigenvalue weighted by Gasteiger charge is -2.11. The van der Waals surface area contributed by atoms with Crippen molar-refractivity contribution in [3.63, 3.8) is 0 Å². The lowest BCUT2D eigenvalue weighted by Crippen LogP contribution is -2.24. The van der Waals surface area contributed by atoms with Gasteiger partial charge >= 0.3 is 0 Å². The third-order valence-electron chi connectivity index (χ3n) is 3.34. The Bertz CT molecular complexity index is 320. The summed E-state index contributed by atoms with van der Waals surface area (Å²) >= 11 is 0. The Morgan fingerprint density at radius 1 is 1.18 bits per heavy atom. The molecule has 96 valence electrons. The van der Waals surface area contributed by atoms with Crippen LogP contribution in [0.1, 0.15) is 53.4 Å². The van der Waals surface area contributed by atoms with Crippen molar-refractivity contribution >= 4 is 11.6 Å². The maximum Gasteiger partial charge on any atom is 0.168 e. The van der Waals surface area contributed by atoms with Crippen LogP contribution in [0.2, 0.25) is 0 Å². The Hall–Kier alpha value is -0.920. The first kappa shape index (κ1) is 14.1. The van der Waals surface area contributed by atoms with E-state index in [9.17, 15) is 9.59 Å². The van der Waals surface area contributed by atoms with Crippen molar-refractivity contribution in [2.24, 2.45) is 17.3 Å². The Labute approximate surface area is 104 Å². The molecular formula is C15H24O2. The van der Waals surface area contributed by atoms with E-state index in [1.165, 1.54) is 0 Å².